The molecule has 1 amide bonds. The number of halogens is 3. The predicted molar refractivity (Wildman–Crippen MR) is 91.1 cm³/mol. The van der Waals surface area contributed by atoms with Gasteiger partial charge in [-0.3, -0.25) is 4.79 Å². The maximum Gasteiger partial charge on any atom is 0.416 e. The van der Waals surface area contributed by atoms with Crippen molar-refractivity contribution in [1.82, 2.24) is 4.72 Å². The zero-order valence-corrected chi connectivity index (χ0v) is 14.6. The van der Waals surface area contributed by atoms with Crippen LogP contribution in [0, 0.1) is 0 Å². The van der Waals surface area contributed by atoms with Crippen LogP contribution in [0.15, 0.2) is 53.4 Å². The Morgan fingerprint density at radius 1 is 1.08 bits per heavy atom. The quantitative estimate of drug-likeness (QED) is 0.801. The topological polar surface area (TPSA) is 75.3 Å². The Balaban J connectivity index is 2.04. The number of sulfonamides is 1. The van der Waals surface area contributed by atoms with Gasteiger partial charge >= 0.3 is 6.18 Å². The molecule has 2 aromatic rings. The van der Waals surface area contributed by atoms with Crippen molar-refractivity contribution in [1.29, 1.82) is 0 Å². The molecule has 0 spiro atoms. The van der Waals surface area contributed by atoms with Gasteiger partial charge in [-0.25, -0.2) is 13.1 Å². The average Bonchev–Trinajstić information content (AvgIpc) is 2.60. The normalized spacial score (nSPS) is 12.0. The molecular formula is C17H17F3N2O3S. The third-order valence-corrected chi connectivity index (χ3v) is 4.91. The number of amides is 1. The first-order chi connectivity index (χ1) is 12.1. The van der Waals surface area contributed by atoms with Gasteiger partial charge in [0.25, 0.3) is 0 Å². The average molecular weight is 386 g/mol. The van der Waals surface area contributed by atoms with Crippen LogP contribution < -0.4 is 10.0 Å². The van der Waals surface area contributed by atoms with E-state index in [-0.39, 0.29) is 0 Å². The van der Waals surface area contributed by atoms with E-state index in [2.05, 4.69) is 5.32 Å². The van der Waals surface area contributed by atoms with Gasteiger partial charge in [0.15, 0.2) is 0 Å². The predicted octanol–water partition coefficient (Wildman–Crippen LogP) is 3.18. The van der Waals surface area contributed by atoms with Crippen LogP contribution in [0.5, 0.6) is 0 Å². The minimum atomic E-state index is -4.66. The summed E-state index contributed by atoms with van der Waals surface area (Å²) in [5, 5.41) is 2.53. The largest absolute Gasteiger partial charge is 0.416 e. The highest BCUT2D eigenvalue weighted by atomic mass is 32.2. The maximum absolute atomic E-state index is 12.7. The molecule has 0 aliphatic rings. The van der Waals surface area contributed by atoms with E-state index in [1.54, 1.807) is 18.2 Å². The number of carbonyl (C=O) groups is 1. The lowest BCUT2D eigenvalue weighted by Crippen LogP contribution is -2.33. The minimum absolute atomic E-state index is 0.507. The molecule has 0 aliphatic heterocycles. The van der Waals surface area contributed by atoms with E-state index >= 15 is 0 Å². The summed E-state index contributed by atoms with van der Waals surface area (Å²) in [5.74, 6) is -0.631. The molecule has 5 nitrogen and oxygen atoms in total. The molecule has 0 unspecified atom stereocenters. The van der Waals surface area contributed by atoms with Crippen molar-refractivity contribution in [2.24, 2.45) is 0 Å². The van der Waals surface area contributed by atoms with Crippen LogP contribution in [0.25, 0.3) is 0 Å². The first-order valence-electron chi connectivity index (χ1n) is 7.67. The van der Waals surface area contributed by atoms with E-state index in [4.69, 9.17) is 0 Å². The Kier molecular flexibility index (Phi) is 6.04. The molecular weight excluding hydrogens is 369 g/mol. The van der Waals surface area contributed by atoms with Crippen molar-refractivity contribution in [3.8, 4) is 0 Å². The number of aryl methyl sites for hydroxylation is 1. The Morgan fingerprint density at radius 3 is 2.42 bits per heavy atom. The molecule has 140 valence electrons. The van der Waals surface area contributed by atoms with Gasteiger partial charge < -0.3 is 5.32 Å². The maximum atomic E-state index is 12.7. The van der Waals surface area contributed by atoms with Gasteiger partial charge in [0.05, 0.1) is 17.0 Å². The number of alkyl halides is 3. The van der Waals surface area contributed by atoms with E-state index in [0.717, 1.165) is 30.2 Å². The standard InChI is InChI=1S/C17H17F3N2O3S/c1-2-12-5-3-7-14(9-12)22-16(23)11-21-26(24,25)15-8-4-6-13(10-15)17(18,19)20/h3-10,21H,2,11H2,1H3,(H,22,23). The highest BCUT2D eigenvalue weighted by Crippen LogP contribution is 2.30. The minimum Gasteiger partial charge on any atom is -0.325 e. The Morgan fingerprint density at radius 2 is 1.77 bits per heavy atom. The summed E-state index contributed by atoms with van der Waals surface area (Å²) in [6.45, 7) is 1.35. The molecule has 0 bridgehead atoms. The summed E-state index contributed by atoms with van der Waals surface area (Å²) in [6, 6.07) is 10.3. The van der Waals surface area contributed by atoms with Crippen LogP contribution in [-0.2, 0) is 27.4 Å². The van der Waals surface area contributed by atoms with Gasteiger partial charge in [-0.05, 0) is 42.3 Å². The summed E-state index contributed by atoms with van der Waals surface area (Å²) < 4.78 is 64.3. The SMILES string of the molecule is CCc1cccc(NC(=O)CNS(=O)(=O)c2cccc(C(F)(F)F)c2)c1. The van der Waals surface area contributed by atoms with Gasteiger partial charge in [0, 0.05) is 5.69 Å². The number of hydrogen-bond donors (Lipinski definition) is 2. The van der Waals surface area contributed by atoms with Crippen molar-refractivity contribution in [2.45, 2.75) is 24.4 Å². The van der Waals surface area contributed by atoms with Crippen LogP contribution in [0.3, 0.4) is 0 Å². The van der Waals surface area contributed by atoms with Crippen molar-refractivity contribution in [3.63, 3.8) is 0 Å². The smallest absolute Gasteiger partial charge is 0.325 e. The number of anilines is 1. The molecule has 26 heavy (non-hydrogen) atoms. The number of hydrogen-bond acceptors (Lipinski definition) is 3. The first kappa shape index (κ1) is 19.9. The summed E-state index contributed by atoms with van der Waals surface area (Å²) in [7, 11) is -4.25. The molecule has 0 aromatic heterocycles. The first-order valence-corrected chi connectivity index (χ1v) is 9.16. The lowest BCUT2D eigenvalue weighted by Gasteiger charge is -2.11. The van der Waals surface area contributed by atoms with Crippen LogP contribution in [-0.4, -0.2) is 20.9 Å². The zero-order valence-electron chi connectivity index (χ0n) is 13.8. The number of rotatable bonds is 6. The highest BCUT2D eigenvalue weighted by molar-refractivity contribution is 7.89. The molecule has 0 aliphatic carbocycles. The molecule has 0 radical (unpaired) electrons. The van der Waals surface area contributed by atoms with E-state index in [1.807, 2.05) is 17.7 Å². The number of benzene rings is 2. The molecule has 0 fully saturated rings. The van der Waals surface area contributed by atoms with E-state index in [9.17, 15) is 26.4 Å². The van der Waals surface area contributed by atoms with Crippen LogP contribution in [0.4, 0.5) is 18.9 Å². The Bertz CT molecular complexity index is 896. The Hall–Kier alpha value is -2.39. The summed E-state index contributed by atoms with van der Waals surface area (Å²) >= 11 is 0. The third kappa shape index (κ3) is 5.30. The fourth-order valence-corrected chi connectivity index (χ4v) is 3.19. The summed E-state index contributed by atoms with van der Waals surface area (Å²) in [6.07, 6.45) is -3.89. The van der Waals surface area contributed by atoms with Crippen LogP contribution in [0.2, 0.25) is 0 Å². The van der Waals surface area contributed by atoms with Crippen LogP contribution in [0.1, 0.15) is 18.1 Å². The second kappa shape index (κ2) is 7.88. The molecule has 0 heterocycles. The second-order valence-electron chi connectivity index (χ2n) is 5.45. The zero-order chi connectivity index (χ0) is 19.4. The monoisotopic (exact) mass is 386 g/mol. The van der Waals surface area contributed by atoms with Gasteiger partial charge in [-0.15, -0.1) is 0 Å². The summed E-state index contributed by atoms with van der Waals surface area (Å²) in [4.78, 5) is 11.3. The fraction of sp³-hybridized carbons (Fsp3) is 0.235. The number of carbonyl (C=O) groups excluding carboxylic acids is 1. The molecule has 0 atom stereocenters. The Labute approximate surface area is 149 Å². The van der Waals surface area contributed by atoms with E-state index < -0.39 is 39.1 Å². The highest BCUT2D eigenvalue weighted by Gasteiger charge is 2.31. The third-order valence-electron chi connectivity index (χ3n) is 3.51. The lowest BCUT2D eigenvalue weighted by molar-refractivity contribution is -0.137. The fourth-order valence-electron chi connectivity index (χ4n) is 2.16. The van der Waals surface area contributed by atoms with E-state index in [1.165, 1.54) is 0 Å². The second-order valence-corrected chi connectivity index (χ2v) is 7.22. The molecule has 0 saturated heterocycles. The van der Waals surface area contributed by atoms with Gasteiger partial charge in [0.1, 0.15) is 0 Å². The molecule has 2 aromatic carbocycles. The number of nitrogens with one attached hydrogen (secondary N) is 2. The van der Waals surface area contributed by atoms with E-state index in [0.29, 0.717) is 11.8 Å². The molecule has 2 N–H and O–H groups in total. The van der Waals surface area contributed by atoms with Gasteiger partial charge in [-0.2, -0.15) is 13.2 Å². The van der Waals surface area contributed by atoms with Crippen molar-refractivity contribution < 1.29 is 26.4 Å². The van der Waals surface area contributed by atoms with Crippen molar-refractivity contribution in [2.75, 3.05) is 11.9 Å². The molecule has 9 heteroatoms. The molecule has 0 saturated carbocycles. The van der Waals surface area contributed by atoms with Crippen LogP contribution >= 0.6 is 0 Å². The van der Waals surface area contributed by atoms with Crippen molar-refractivity contribution in [3.05, 3.63) is 59.7 Å². The molecule has 2 rings (SSSR count). The van der Waals surface area contributed by atoms with Crippen molar-refractivity contribution >= 4 is 21.6 Å². The summed E-state index contributed by atoms with van der Waals surface area (Å²) in [5.41, 5.74) is 0.418. The lowest BCUT2D eigenvalue weighted by atomic mass is 10.1. The van der Waals surface area contributed by atoms with Gasteiger partial charge in [0.2, 0.25) is 15.9 Å². The van der Waals surface area contributed by atoms with Gasteiger partial charge in [-0.1, -0.05) is 25.1 Å².